The van der Waals surface area contributed by atoms with Crippen molar-refractivity contribution < 1.29 is 4.39 Å². The summed E-state index contributed by atoms with van der Waals surface area (Å²) in [6, 6.07) is 4.53. The highest BCUT2D eigenvalue weighted by atomic mass is 79.9. The van der Waals surface area contributed by atoms with Gasteiger partial charge >= 0.3 is 0 Å². The minimum absolute atomic E-state index is 0.300. The number of nitrogens with two attached hydrogens (primary N) is 1. The monoisotopic (exact) mass is 311 g/mol. The van der Waals surface area contributed by atoms with Gasteiger partial charge in [0, 0.05) is 11.6 Å². The largest absolute Gasteiger partial charge is 0.324 e. The van der Waals surface area contributed by atoms with E-state index in [4.69, 9.17) is 5.73 Å². The Labute approximate surface area is 114 Å². The van der Waals surface area contributed by atoms with Crippen molar-refractivity contribution in [3.63, 3.8) is 0 Å². The Kier molecular flexibility index (Phi) is 3.54. The lowest BCUT2D eigenvalue weighted by Crippen LogP contribution is -2.13. The second-order valence-electron chi connectivity index (χ2n) is 4.36. The molecule has 0 aliphatic carbocycles. The standard InChI is InChI=1S/C13H15BrFN3/c1-7(16)12-10(15)5-4-6-11(12)18-9(3)13(14)8(2)17-18/h4-7H,16H2,1-3H3/t7-/m0/s1. The lowest BCUT2D eigenvalue weighted by atomic mass is 10.1. The van der Waals surface area contributed by atoms with Crippen molar-refractivity contribution >= 4 is 15.9 Å². The lowest BCUT2D eigenvalue weighted by Gasteiger charge is -2.14. The molecule has 0 amide bonds. The summed E-state index contributed by atoms with van der Waals surface area (Å²) < 4.78 is 16.5. The summed E-state index contributed by atoms with van der Waals surface area (Å²) in [6.45, 7) is 5.60. The first-order valence-corrected chi connectivity index (χ1v) is 6.49. The number of nitrogens with zero attached hydrogens (tertiary/aromatic N) is 2. The van der Waals surface area contributed by atoms with Crippen molar-refractivity contribution in [3.8, 4) is 5.69 Å². The summed E-state index contributed by atoms with van der Waals surface area (Å²) in [5, 5.41) is 4.41. The van der Waals surface area contributed by atoms with E-state index in [1.165, 1.54) is 6.07 Å². The molecule has 3 nitrogen and oxygen atoms in total. The Morgan fingerprint density at radius 3 is 2.56 bits per heavy atom. The van der Waals surface area contributed by atoms with Crippen LogP contribution in [0.15, 0.2) is 22.7 Å². The molecule has 0 aliphatic heterocycles. The highest BCUT2D eigenvalue weighted by Crippen LogP contribution is 2.28. The van der Waals surface area contributed by atoms with Gasteiger partial charge in [-0.1, -0.05) is 6.07 Å². The predicted octanol–water partition coefficient (Wildman–Crippen LogP) is 3.41. The fourth-order valence-corrected chi connectivity index (χ4v) is 2.27. The number of benzene rings is 1. The van der Waals surface area contributed by atoms with Crippen LogP contribution < -0.4 is 5.73 Å². The van der Waals surface area contributed by atoms with E-state index in [1.54, 1.807) is 17.7 Å². The van der Waals surface area contributed by atoms with Crippen LogP contribution >= 0.6 is 15.9 Å². The first kappa shape index (κ1) is 13.2. The summed E-state index contributed by atoms with van der Waals surface area (Å²) in [6.07, 6.45) is 0. The van der Waals surface area contributed by atoms with Crippen LogP contribution in [0.5, 0.6) is 0 Å². The van der Waals surface area contributed by atoms with Crippen LogP contribution in [0.25, 0.3) is 5.69 Å². The summed E-state index contributed by atoms with van der Waals surface area (Å²) in [7, 11) is 0. The lowest BCUT2D eigenvalue weighted by molar-refractivity contribution is 0.588. The smallest absolute Gasteiger partial charge is 0.130 e. The van der Waals surface area contributed by atoms with Gasteiger partial charge in [0.2, 0.25) is 0 Å². The van der Waals surface area contributed by atoms with Crippen LogP contribution in [-0.4, -0.2) is 9.78 Å². The molecular weight excluding hydrogens is 297 g/mol. The third kappa shape index (κ3) is 2.08. The van der Waals surface area contributed by atoms with E-state index in [-0.39, 0.29) is 11.9 Å². The molecule has 0 unspecified atom stereocenters. The van der Waals surface area contributed by atoms with Gasteiger partial charge in [0.05, 0.1) is 21.5 Å². The van der Waals surface area contributed by atoms with Crippen LogP contribution in [0.4, 0.5) is 4.39 Å². The first-order chi connectivity index (χ1) is 8.43. The van der Waals surface area contributed by atoms with Crippen molar-refractivity contribution in [2.45, 2.75) is 26.8 Å². The average molecular weight is 312 g/mol. The van der Waals surface area contributed by atoms with Crippen molar-refractivity contribution in [3.05, 3.63) is 45.4 Å². The maximum Gasteiger partial charge on any atom is 0.130 e. The highest BCUT2D eigenvalue weighted by Gasteiger charge is 2.17. The Morgan fingerprint density at radius 2 is 2.06 bits per heavy atom. The molecule has 1 atom stereocenters. The molecule has 2 N–H and O–H groups in total. The van der Waals surface area contributed by atoms with Gasteiger partial charge in [-0.25, -0.2) is 9.07 Å². The first-order valence-electron chi connectivity index (χ1n) is 5.69. The van der Waals surface area contributed by atoms with Gasteiger partial charge in [-0.2, -0.15) is 5.10 Å². The van der Waals surface area contributed by atoms with Crippen molar-refractivity contribution in [1.29, 1.82) is 0 Å². The fraction of sp³-hybridized carbons (Fsp3) is 0.308. The molecular formula is C13H15BrFN3. The van der Waals surface area contributed by atoms with E-state index in [9.17, 15) is 4.39 Å². The minimum Gasteiger partial charge on any atom is -0.324 e. The molecule has 1 aromatic carbocycles. The van der Waals surface area contributed by atoms with E-state index in [2.05, 4.69) is 21.0 Å². The molecule has 1 aromatic heterocycles. The highest BCUT2D eigenvalue weighted by molar-refractivity contribution is 9.10. The van der Waals surface area contributed by atoms with Crippen LogP contribution in [0.3, 0.4) is 0 Å². The summed E-state index contributed by atoms with van der Waals surface area (Å²) >= 11 is 3.47. The average Bonchev–Trinajstić information content (AvgIpc) is 2.56. The van der Waals surface area contributed by atoms with Gasteiger partial charge in [0.1, 0.15) is 5.82 Å². The molecule has 0 fully saturated rings. The number of aryl methyl sites for hydroxylation is 1. The van der Waals surface area contributed by atoms with E-state index in [0.29, 0.717) is 11.3 Å². The Bertz CT molecular complexity index is 590. The van der Waals surface area contributed by atoms with Gasteiger partial charge in [0.15, 0.2) is 0 Å². The van der Waals surface area contributed by atoms with Crippen molar-refractivity contribution in [1.82, 2.24) is 9.78 Å². The summed E-state index contributed by atoms with van der Waals surface area (Å²) in [5.41, 5.74) is 8.83. The molecule has 0 bridgehead atoms. The SMILES string of the molecule is Cc1nn(-c2cccc(F)c2[C@H](C)N)c(C)c1Br. The molecule has 0 spiro atoms. The van der Waals surface area contributed by atoms with Crippen molar-refractivity contribution in [2.75, 3.05) is 0 Å². The maximum atomic E-state index is 13.9. The molecule has 0 radical (unpaired) electrons. The normalized spacial score (nSPS) is 12.8. The summed E-state index contributed by atoms with van der Waals surface area (Å²) in [4.78, 5) is 0. The van der Waals surface area contributed by atoms with Crippen molar-refractivity contribution in [2.24, 2.45) is 5.73 Å². The third-order valence-corrected chi connectivity index (χ3v) is 4.06. The van der Waals surface area contributed by atoms with E-state index in [0.717, 1.165) is 15.9 Å². The number of aromatic nitrogens is 2. The summed E-state index contributed by atoms with van der Waals surface area (Å²) in [5.74, 6) is -0.300. The zero-order valence-electron chi connectivity index (χ0n) is 10.5. The molecule has 5 heteroatoms. The van der Waals surface area contributed by atoms with E-state index in [1.807, 2.05) is 19.9 Å². The molecule has 96 valence electrons. The van der Waals surface area contributed by atoms with Crippen LogP contribution in [-0.2, 0) is 0 Å². The zero-order chi connectivity index (χ0) is 13.4. The predicted molar refractivity (Wildman–Crippen MR) is 73.3 cm³/mol. The molecule has 0 aliphatic rings. The molecule has 18 heavy (non-hydrogen) atoms. The Morgan fingerprint density at radius 1 is 1.39 bits per heavy atom. The van der Waals surface area contributed by atoms with E-state index < -0.39 is 0 Å². The second-order valence-corrected chi connectivity index (χ2v) is 5.15. The van der Waals surface area contributed by atoms with Crippen LogP contribution in [0, 0.1) is 19.7 Å². The fourth-order valence-electron chi connectivity index (χ4n) is 2.02. The third-order valence-electron chi connectivity index (χ3n) is 2.92. The second kappa shape index (κ2) is 4.82. The molecule has 1 heterocycles. The molecule has 2 rings (SSSR count). The Hall–Kier alpha value is -1.20. The molecule has 0 saturated carbocycles. The molecule has 0 saturated heterocycles. The number of hydrogen-bond acceptors (Lipinski definition) is 2. The Balaban J connectivity index is 2.71. The number of rotatable bonds is 2. The van der Waals surface area contributed by atoms with Gasteiger partial charge in [-0.3, -0.25) is 0 Å². The minimum atomic E-state index is -0.385. The van der Waals surface area contributed by atoms with Gasteiger partial charge in [-0.15, -0.1) is 0 Å². The van der Waals surface area contributed by atoms with Gasteiger partial charge in [-0.05, 0) is 48.8 Å². The van der Waals surface area contributed by atoms with Gasteiger partial charge < -0.3 is 5.73 Å². The zero-order valence-corrected chi connectivity index (χ0v) is 12.1. The topological polar surface area (TPSA) is 43.8 Å². The quantitative estimate of drug-likeness (QED) is 0.923. The maximum absolute atomic E-state index is 13.9. The van der Waals surface area contributed by atoms with Gasteiger partial charge in [0.25, 0.3) is 0 Å². The van der Waals surface area contributed by atoms with Crippen LogP contribution in [0.2, 0.25) is 0 Å². The van der Waals surface area contributed by atoms with Crippen LogP contribution in [0.1, 0.15) is 29.9 Å². The number of halogens is 2. The van der Waals surface area contributed by atoms with E-state index >= 15 is 0 Å². The molecule has 2 aromatic rings. The number of hydrogen-bond donors (Lipinski definition) is 1.